The van der Waals surface area contributed by atoms with Crippen molar-refractivity contribution in [3.8, 4) is 0 Å². The number of nitrogens with two attached hydrogens (primary N) is 1. The number of hydrogen-bond acceptors (Lipinski definition) is 4. The number of nitrogens with zero attached hydrogens (tertiary/aromatic N) is 2. The number of anilines is 2. The van der Waals surface area contributed by atoms with Crippen molar-refractivity contribution in [2.75, 3.05) is 11.1 Å². The van der Waals surface area contributed by atoms with Crippen LogP contribution >= 0.6 is 0 Å². The number of fused-ring (bicyclic) bond motifs is 5. The van der Waals surface area contributed by atoms with Crippen molar-refractivity contribution in [3.05, 3.63) is 11.9 Å². The van der Waals surface area contributed by atoms with Gasteiger partial charge in [0.15, 0.2) is 0 Å². The maximum Gasteiger partial charge on any atom is 0.135 e. The quantitative estimate of drug-likeness (QED) is 0.875. The van der Waals surface area contributed by atoms with E-state index in [0.717, 1.165) is 35.1 Å². The summed E-state index contributed by atoms with van der Waals surface area (Å²) in [6.07, 6.45) is 5.96. The highest BCUT2D eigenvalue weighted by molar-refractivity contribution is 5.58. The van der Waals surface area contributed by atoms with E-state index in [9.17, 15) is 0 Å². The molecule has 3 fully saturated rings. The van der Waals surface area contributed by atoms with E-state index in [1.807, 2.05) is 0 Å². The van der Waals surface area contributed by atoms with E-state index in [2.05, 4.69) is 29.1 Å². The second-order valence-electron chi connectivity index (χ2n) is 6.83. The Bertz CT molecular complexity index is 497. The Kier molecular flexibility index (Phi) is 2.32. The second-order valence-corrected chi connectivity index (χ2v) is 6.83. The Morgan fingerprint density at radius 3 is 2.53 bits per heavy atom. The Labute approximate surface area is 114 Å². The second kappa shape index (κ2) is 3.84. The van der Waals surface area contributed by atoms with Gasteiger partial charge in [0.2, 0.25) is 0 Å². The van der Waals surface area contributed by atoms with E-state index < -0.39 is 0 Å². The third-order valence-corrected chi connectivity index (χ3v) is 5.53. The first-order valence-corrected chi connectivity index (χ1v) is 7.53. The van der Waals surface area contributed by atoms with Crippen LogP contribution in [0.5, 0.6) is 0 Å². The van der Waals surface area contributed by atoms with Gasteiger partial charge in [-0.05, 0) is 48.9 Å². The molecular formula is C15H22N4. The van der Waals surface area contributed by atoms with E-state index in [1.54, 1.807) is 6.33 Å². The lowest BCUT2D eigenvalue weighted by Gasteiger charge is -2.17. The molecule has 4 unspecified atom stereocenters. The number of aromatic nitrogens is 2. The zero-order chi connectivity index (χ0) is 13.1. The van der Waals surface area contributed by atoms with Crippen LogP contribution < -0.4 is 11.1 Å². The molecular weight excluding hydrogens is 236 g/mol. The summed E-state index contributed by atoms with van der Waals surface area (Å²) in [7, 11) is 0. The maximum atomic E-state index is 6.01. The largest absolute Gasteiger partial charge is 0.383 e. The molecule has 4 heteroatoms. The van der Waals surface area contributed by atoms with Crippen LogP contribution in [-0.4, -0.2) is 16.0 Å². The minimum atomic E-state index is 0.360. The van der Waals surface area contributed by atoms with E-state index >= 15 is 0 Å². The van der Waals surface area contributed by atoms with Gasteiger partial charge in [-0.1, -0.05) is 13.8 Å². The summed E-state index contributed by atoms with van der Waals surface area (Å²) >= 11 is 0. The van der Waals surface area contributed by atoms with Gasteiger partial charge in [-0.2, -0.15) is 0 Å². The van der Waals surface area contributed by atoms with Gasteiger partial charge < -0.3 is 11.1 Å². The average molecular weight is 258 g/mol. The van der Waals surface area contributed by atoms with Crippen molar-refractivity contribution >= 4 is 11.6 Å². The normalized spacial score (nSPS) is 38.6. The number of nitrogens with one attached hydrogen (secondary N) is 1. The molecule has 1 heterocycles. The van der Waals surface area contributed by atoms with Crippen molar-refractivity contribution in [1.82, 2.24) is 9.97 Å². The van der Waals surface area contributed by atoms with Crippen LogP contribution in [-0.2, 0) is 0 Å². The summed E-state index contributed by atoms with van der Waals surface area (Å²) < 4.78 is 0. The molecule has 4 rings (SSSR count). The molecule has 4 atom stereocenters. The lowest BCUT2D eigenvalue weighted by Crippen LogP contribution is -2.16. The fraction of sp³-hybridized carbons (Fsp3) is 0.733. The molecule has 0 amide bonds. The van der Waals surface area contributed by atoms with Crippen molar-refractivity contribution in [2.45, 2.75) is 45.1 Å². The zero-order valence-electron chi connectivity index (χ0n) is 11.6. The van der Waals surface area contributed by atoms with Gasteiger partial charge in [-0.15, -0.1) is 0 Å². The standard InChI is InChI=1S/C15H22N4/c1-7(2)10-14(16)17-6-18-15(10)19-13-11-8-3-4-9(5-8)12(11)13/h6-9,11-13H,3-5H2,1-2H3,(H3,16,17,18,19). The van der Waals surface area contributed by atoms with Crippen molar-refractivity contribution in [3.63, 3.8) is 0 Å². The van der Waals surface area contributed by atoms with Crippen LogP contribution in [0.3, 0.4) is 0 Å². The molecule has 2 bridgehead atoms. The van der Waals surface area contributed by atoms with Crippen LogP contribution in [0.4, 0.5) is 11.6 Å². The monoisotopic (exact) mass is 258 g/mol. The summed E-state index contributed by atoms with van der Waals surface area (Å²) in [4.78, 5) is 8.57. The summed E-state index contributed by atoms with van der Waals surface area (Å²) in [5.74, 6) is 5.75. The SMILES string of the molecule is CC(C)c1c(N)ncnc1NC1C2C3CCC(C3)C12. The van der Waals surface area contributed by atoms with Crippen LogP contribution in [0.2, 0.25) is 0 Å². The lowest BCUT2D eigenvalue weighted by molar-refractivity contribution is 0.456. The Hall–Kier alpha value is -1.32. The van der Waals surface area contributed by atoms with E-state index in [4.69, 9.17) is 5.73 Å². The first-order valence-electron chi connectivity index (χ1n) is 7.53. The van der Waals surface area contributed by atoms with Crippen LogP contribution in [0.1, 0.15) is 44.6 Å². The van der Waals surface area contributed by atoms with Crippen LogP contribution in [0, 0.1) is 23.7 Å². The summed E-state index contributed by atoms with van der Waals surface area (Å²) in [5, 5.41) is 3.68. The molecule has 102 valence electrons. The first-order chi connectivity index (χ1) is 9.16. The summed E-state index contributed by atoms with van der Waals surface area (Å²) in [5.41, 5.74) is 7.09. The highest BCUT2D eigenvalue weighted by atomic mass is 15.1. The maximum absolute atomic E-state index is 6.01. The Morgan fingerprint density at radius 1 is 1.21 bits per heavy atom. The molecule has 0 aromatic carbocycles. The molecule has 1 aromatic rings. The van der Waals surface area contributed by atoms with E-state index in [1.165, 1.54) is 19.3 Å². The highest BCUT2D eigenvalue weighted by Gasteiger charge is 2.65. The van der Waals surface area contributed by atoms with E-state index in [-0.39, 0.29) is 0 Å². The fourth-order valence-corrected chi connectivity index (χ4v) is 4.77. The van der Waals surface area contributed by atoms with Gasteiger partial charge in [-0.25, -0.2) is 9.97 Å². The van der Waals surface area contributed by atoms with Gasteiger partial charge in [0.25, 0.3) is 0 Å². The van der Waals surface area contributed by atoms with Gasteiger partial charge in [-0.3, -0.25) is 0 Å². The van der Waals surface area contributed by atoms with Crippen molar-refractivity contribution < 1.29 is 0 Å². The average Bonchev–Trinajstić information content (AvgIpc) is 2.78. The van der Waals surface area contributed by atoms with E-state index in [0.29, 0.717) is 17.8 Å². The van der Waals surface area contributed by atoms with Crippen LogP contribution in [0.25, 0.3) is 0 Å². The molecule has 19 heavy (non-hydrogen) atoms. The smallest absolute Gasteiger partial charge is 0.135 e. The molecule has 3 N–H and O–H groups in total. The van der Waals surface area contributed by atoms with Crippen LogP contribution in [0.15, 0.2) is 6.33 Å². The molecule has 0 spiro atoms. The third kappa shape index (κ3) is 1.58. The molecule has 3 aliphatic carbocycles. The van der Waals surface area contributed by atoms with Crippen molar-refractivity contribution in [2.24, 2.45) is 23.7 Å². The molecule has 3 saturated carbocycles. The third-order valence-electron chi connectivity index (χ3n) is 5.53. The summed E-state index contributed by atoms with van der Waals surface area (Å²) in [6, 6.07) is 0.651. The van der Waals surface area contributed by atoms with Gasteiger partial charge >= 0.3 is 0 Å². The fourth-order valence-electron chi connectivity index (χ4n) is 4.77. The van der Waals surface area contributed by atoms with Gasteiger partial charge in [0, 0.05) is 11.6 Å². The molecule has 1 aromatic heterocycles. The number of hydrogen-bond donors (Lipinski definition) is 2. The zero-order valence-corrected chi connectivity index (χ0v) is 11.6. The highest BCUT2D eigenvalue weighted by Crippen LogP contribution is 2.66. The van der Waals surface area contributed by atoms with Gasteiger partial charge in [0.05, 0.1) is 0 Å². The number of rotatable bonds is 3. The number of nitrogen functional groups attached to an aromatic ring is 1. The Balaban J connectivity index is 1.57. The van der Waals surface area contributed by atoms with Crippen molar-refractivity contribution in [1.29, 1.82) is 0 Å². The minimum Gasteiger partial charge on any atom is -0.383 e. The molecule has 3 aliphatic rings. The molecule has 0 radical (unpaired) electrons. The lowest BCUT2D eigenvalue weighted by atomic mass is 10.0. The predicted molar refractivity (Wildman–Crippen MR) is 75.8 cm³/mol. The topological polar surface area (TPSA) is 63.8 Å². The molecule has 0 saturated heterocycles. The summed E-state index contributed by atoms with van der Waals surface area (Å²) in [6.45, 7) is 4.30. The molecule has 4 nitrogen and oxygen atoms in total. The molecule has 0 aliphatic heterocycles. The first kappa shape index (κ1) is 11.5. The Morgan fingerprint density at radius 2 is 1.89 bits per heavy atom. The minimum absolute atomic E-state index is 0.360. The predicted octanol–water partition coefficient (Wildman–Crippen LogP) is 2.64. The van der Waals surface area contributed by atoms with Gasteiger partial charge in [0.1, 0.15) is 18.0 Å².